The lowest BCUT2D eigenvalue weighted by atomic mass is 10.1. The molecular formula is C16H14FN3O. The summed E-state index contributed by atoms with van der Waals surface area (Å²) in [7, 11) is 0. The number of aliphatic hydroxyl groups is 1. The van der Waals surface area contributed by atoms with E-state index in [0.29, 0.717) is 17.0 Å². The molecule has 106 valence electrons. The molecule has 0 aliphatic rings. The molecule has 4 nitrogen and oxygen atoms in total. The van der Waals surface area contributed by atoms with E-state index >= 15 is 0 Å². The van der Waals surface area contributed by atoms with Crippen LogP contribution in [0.3, 0.4) is 0 Å². The zero-order valence-electron chi connectivity index (χ0n) is 11.5. The van der Waals surface area contributed by atoms with Crippen LogP contribution >= 0.6 is 0 Å². The predicted octanol–water partition coefficient (Wildman–Crippen LogP) is 2.87. The lowest BCUT2D eigenvalue weighted by molar-refractivity contribution is 0.277. The van der Waals surface area contributed by atoms with Crippen molar-refractivity contribution in [2.45, 2.75) is 13.5 Å². The topological polar surface area (TPSA) is 50.9 Å². The minimum Gasteiger partial charge on any atom is -0.390 e. The van der Waals surface area contributed by atoms with E-state index in [4.69, 9.17) is 0 Å². The molecular weight excluding hydrogens is 269 g/mol. The van der Waals surface area contributed by atoms with Crippen LogP contribution in [-0.2, 0) is 6.61 Å². The van der Waals surface area contributed by atoms with Crippen molar-refractivity contribution in [3.05, 3.63) is 65.6 Å². The summed E-state index contributed by atoms with van der Waals surface area (Å²) in [4.78, 5) is 0. The maximum absolute atomic E-state index is 14.1. The van der Waals surface area contributed by atoms with Crippen LogP contribution < -0.4 is 0 Å². The first-order chi connectivity index (χ1) is 10.2. The standard InChI is InChI=1S/C16H14FN3O/c1-11-5-4-6-12(9-11)20-16(15(10-21)18-19-20)13-7-2-3-8-14(13)17/h2-9,21H,10H2,1H3. The van der Waals surface area contributed by atoms with E-state index in [9.17, 15) is 9.50 Å². The van der Waals surface area contributed by atoms with Crippen molar-refractivity contribution in [3.63, 3.8) is 0 Å². The average molecular weight is 283 g/mol. The van der Waals surface area contributed by atoms with E-state index < -0.39 is 0 Å². The van der Waals surface area contributed by atoms with Gasteiger partial charge in [0.2, 0.25) is 0 Å². The van der Waals surface area contributed by atoms with Crippen LogP contribution in [0.15, 0.2) is 48.5 Å². The van der Waals surface area contributed by atoms with Gasteiger partial charge in [-0.3, -0.25) is 0 Å². The third-order valence-electron chi connectivity index (χ3n) is 3.26. The van der Waals surface area contributed by atoms with E-state index in [1.54, 1.807) is 22.9 Å². The van der Waals surface area contributed by atoms with Crippen LogP contribution in [0.4, 0.5) is 4.39 Å². The van der Waals surface area contributed by atoms with E-state index in [1.807, 2.05) is 31.2 Å². The van der Waals surface area contributed by atoms with Crippen LogP contribution in [0.5, 0.6) is 0 Å². The molecule has 0 aliphatic heterocycles. The summed E-state index contributed by atoms with van der Waals surface area (Å²) in [6, 6.07) is 14.1. The number of hydrogen-bond donors (Lipinski definition) is 1. The summed E-state index contributed by atoms with van der Waals surface area (Å²) in [5.74, 6) is -0.372. The number of aliphatic hydroxyl groups excluding tert-OH is 1. The molecule has 0 radical (unpaired) electrons. The summed E-state index contributed by atoms with van der Waals surface area (Å²) >= 11 is 0. The molecule has 0 unspecified atom stereocenters. The van der Waals surface area contributed by atoms with E-state index in [2.05, 4.69) is 10.3 Å². The Morgan fingerprint density at radius 2 is 1.95 bits per heavy atom. The van der Waals surface area contributed by atoms with Crippen molar-refractivity contribution in [2.75, 3.05) is 0 Å². The molecule has 0 amide bonds. The Morgan fingerprint density at radius 3 is 2.67 bits per heavy atom. The molecule has 21 heavy (non-hydrogen) atoms. The van der Waals surface area contributed by atoms with Gasteiger partial charge in [-0.2, -0.15) is 0 Å². The Morgan fingerprint density at radius 1 is 1.14 bits per heavy atom. The van der Waals surface area contributed by atoms with E-state index in [0.717, 1.165) is 11.3 Å². The quantitative estimate of drug-likeness (QED) is 0.804. The molecule has 1 heterocycles. The molecule has 0 spiro atoms. The van der Waals surface area contributed by atoms with Gasteiger partial charge in [0.1, 0.15) is 17.2 Å². The molecule has 2 aromatic carbocycles. The second kappa shape index (κ2) is 5.46. The number of benzene rings is 2. The van der Waals surface area contributed by atoms with Crippen LogP contribution in [0.2, 0.25) is 0 Å². The van der Waals surface area contributed by atoms with Crippen LogP contribution in [0, 0.1) is 12.7 Å². The molecule has 0 bridgehead atoms. The highest BCUT2D eigenvalue weighted by Crippen LogP contribution is 2.27. The fourth-order valence-electron chi connectivity index (χ4n) is 2.28. The number of aryl methyl sites for hydroxylation is 1. The summed E-state index contributed by atoms with van der Waals surface area (Å²) in [6.45, 7) is 1.67. The second-order valence-corrected chi connectivity index (χ2v) is 4.77. The second-order valence-electron chi connectivity index (χ2n) is 4.77. The summed E-state index contributed by atoms with van der Waals surface area (Å²) < 4.78 is 15.6. The number of aromatic nitrogens is 3. The Balaban J connectivity index is 2.24. The highest BCUT2D eigenvalue weighted by atomic mass is 19.1. The van der Waals surface area contributed by atoms with Crippen molar-refractivity contribution in [3.8, 4) is 16.9 Å². The van der Waals surface area contributed by atoms with Crippen LogP contribution in [-0.4, -0.2) is 20.1 Å². The smallest absolute Gasteiger partial charge is 0.132 e. The molecule has 3 rings (SSSR count). The number of rotatable bonds is 3. The zero-order chi connectivity index (χ0) is 14.8. The first-order valence-electron chi connectivity index (χ1n) is 6.58. The average Bonchev–Trinajstić information content (AvgIpc) is 2.91. The highest BCUT2D eigenvalue weighted by Gasteiger charge is 2.18. The van der Waals surface area contributed by atoms with Gasteiger partial charge in [-0.15, -0.1) is 5.10 Å². The SMILES string of the molecule is Cc1cccc(-n2nnc(CO)c2-c2ccccc2F)c1. The van der Waals surface area contributed by atoms with Crippen molar-refractivity contribution in [1.29, 1.82) is 0 Å². The Bertz CT molecular complexity index is 783. The molecule has 1 N–H and O–H groups in total. The Kier molecular flexibility index (Phi) is 3.50. The zero-order valence-corrected chi connectivity index (χ0v) is 11.5. The van der Waals surface area contributed by atoms with Gasteiger partial charge in [0.15, 0.2) is 0 Å². The third kappa shape index (κ3) is 2.43. The molecule has 1 aromatic heterocycles. The molecule has 0 aliphatic carbocycles. The summed E-state index contributed by atoms with van der Waals surface area (Å²) in [5, 5.41) is 17.5. The van der Waals surface area contributed by atoms with Crippen LogP contribution in [0.25, 0.3) is 16.9 Å². The Hall–Kier alpha value is -2.53. The number of hydrogen-bond acceptors (Lipinski definition) is 3. The van der Waals surface area contributed by atoms with Crippen LogP contribution in [0.1, 0.15) is 11.3 Å². The lowest BCUT2D eigenvalue weighted by Gasteiger charge is -2.09. The fourth-order valence-corrected chi connectivity index (χ4v) is 2.28. The van der Waals surface area contributed by atoms with Gasteiger partial charge in [0.25, 0.3) is 0 Å². The fraction of sp³-hybridized carbons (Fsp3) is 0.125. The molecule has 3 aromatic rings. The van der Waals surface area contributed by atoms with Gasteiger partial charge in [-0.25, -0.2) is 9.07 Å². The first kappa shape index (κ1) is 13.5. The van der Waals surface area contributed by atoms with Crippen molar-refractivity contribution in [1.82, 2.24) is 15.0 Å². The van der Waals surface area contributed by atoms with Gasteiger partial charge in [-0.05, 0) is 36.8 Å². The Labute approximate surface area is 121 Å². The maximum atomic E-state index is 14.1. The number of halogens is 1. The minimum absolute atomic E-state index is 0.296. The van der Waals surface area contributed by atoms with Crippen molar-refractivity contribution >= 4 is 0 Å². The monoisotopic (exact) mass is 283 g/mol. The highest BCUT2D eigenvalue weighted by molar-refractivity contribution is 5.65. The predicted molar refractivity (Wildman–Crippen MR) is 77.4 cm³/mol. The van der Waals surface area contributed by atoms with Gasteiger partial charge in [-0.1, -0.05) is 29.5 Å². The normalized spacial score (nSPS) is 10.8. The van der Waals surface area contributed by atoms with E-state index in [-0.39, 0.29) is 12.4 Å². The molecule has 0 fully saturated rings. The molecule has 5 heteroatoms. The third-order valence-corrected chi connectivity index (χ3v) is 3.26. The molecule has 0 saturated carbocycles. The largest absolute Gasteiger partial charge is 0.390 e. The first-order valence-corrected chi connectivity index (χ1v) is 6.58. The molecule has 0 saturated heterocycles. The summed E-state index contributed by atoms with van der Waals surface area (Å²) in [6.07, 6.45) is 0. The summed E-state index contributed by atoms with van der Waals surface area (Å²) in [5.41, 5.74) is 3.03. The molecule has 0 atom stereocenters. The number of nitrogens with zero attached hydrogens (tertiary/aromatic N) is 3. The van der Waals surface area contributed by atoms with Gasteiger partial charge < -0.3 is 5.11 Å². The van der Waals surface area contributed by atoms with E-state index in [1.165, 1.54) is 6.07 Å². The maximum Gasteiger partial charge on any atom is 0.132 e. The van der Waals surface area contributed by atoms with Gasteiger partial charge in [0, 0.05) is 5.56 Å². The van der Waals surface area contributed by atoms with Gasteiger partial charge >= 0.3 is 0 Å². The van der Waals surface area contributed by atoms with Crippen molar-refractivity contribution < 1.29 is 9.50 Å². The minimum atomic E-state index is -0.372. The van der Waals surface area contributed by atoms with Crippen molar-refractivity contribution in [2.24, 2.45) is 0 Å². The lowest BCUT2D eigenvalue weighted by Crippen LogP contribution is -2.01. The van der Waals surface area contributed by atoms with Gasteiger partial charge in [0.05, 0.1) is 12.3 Å².